The molecule has 1 aromatic rings. The van der Waals surface area contributed by atoms with Gasteiger partial charge in [0.2, 0.25) is 21.8 Å². The lowest BCUT2D eigenvalue weighted by Crippen LogP contribution is -2.40. The largest absolute Gasteiger partial charge is 0.379 e. The Labute approximate surface area is 173 Å². The monoisotopic (exact) mass is 442 g/mol. The maximum atomic E-state index is 14.2. The summed E-state index contributed by atoms with van der Waals surface area (Å²) in [5, 5.41) is 2.53. The van der Waals surface area contributed by atoms with E-state index in [2.05, 4.69) is 5.32 Å². The molecule has 12 heteroatoms. The molecule has 0 aromatic heterocycles. The number of hydrogen-bond acceptors (Lipinski definition) is 6. The van der Waals surface area contributed by atoms with Crippen molar-refractivity contribution < 1.29 is 31.9 Å². The molecule has 2 saturated heterocycles. The summed E-state index contributed by atoms with van der Waals surface area (Å²) in [6.07, 6.45) is 0.251. The van der Waals surface area contributed by atoms with Gasteiger partial charge in [0.25, 0.3) is 0 Å². The first-order valence-corrected chi connectivity index (χ1v) is 10.9. The molecule has 0 spiro atoms. The average molecular weight is 442 g/mol. The molecule has 1 N–H and O–H groups in total. The fraction of sp³-hybridized carbons (Fsp3) is 0.500. The van der Waals surface area contributed by atoms with Crippen molar-refractivity contribution >= 4 is 33.6 Å². The van der Waals surface area contributed by atoms with Crippen LogP contribution in [0.4, 0.5) is 14.9 Å². The third-order valence-electron chi connectivity index (χ3n) is 4.82. The highest BCUT2D eigenvalue weighted by molar-refractivity contribution is 7.89. The van der Waals surface area contributed by atoms with E-state index in [9.17, 15) is 27.2 Å². The Morgan fingerprint density at radius 2 is 1.93 bits per heavy atom. The average Bonchev–Trinajstić information content (AvgIpc) is 2.96. The third kappa shape index (κ3) is 4.77. The maximum absolute atomic E-state index is 14.2. The molecule has 0 saturated carbocycles. The number of nitrogens with zero attached hydrogens (tertiary/aromatic N) is 3. The number of halogens is 1. The van der Waals surface area contributed by atoms with E-state index in [4.69, 9.17) is 4.74 Å². The Morgan fingerprint density at radius 3 is 2.57 bits per heavy atom. The number of morpholine rings is 1. The van der Waals surface area contributed by atoms with Crippen LogP contribution in [0.25, 0.3) is 0 Å². The second-order valence-corrected chi connectivity index (χ2v) is 8.90. The zero-order valence-electron chi connectivity index (χ0n) is 16.5. The van der Waals surface area contributed by atoms with Gasteiger partial charge >= 0.3 is 6.03 Å². The minimum atomic E-state index is -4.06. The second kappa shape index (κ2) is 9.06. The lowest BCUT2D eigenvalue weighted by atomic mass is 10.2. The molecule has 2 aliphatic heterocycles. The SMILES string of the molecule is CN1CC(=O)N(CCCC(=O)Nc2ccc(F)c(S(=O)(=O)N3CCOCC3)c2)C1=O. The molecule has 164 valence electrons. The van der Waals surface area contributed by atoms with Gasteiger partial charge in [0.05, 0.1) is 13.2 Å². The number of carbonyl (C=O) groups is 3. The molecule has 1 aromatic carbocycles. The van der Waals surface area contributed by atoms with Gasteiger partial charge in [-0.2, -0.15) is 4.31 Å². The second-order valence-electron chi connectivity index (χ2n) is 7.00. The van der Waals surface area contributed by atoms with E-state index in [1.165, 1.54) is 18.0 Å². The van der Waals surface area contributed by atoms with Crippen LogP contribution in [-0.4, -0.2) is 86.8 Å². The van der Waals surface area contributed by atoms with Crippen molar-refractivity contribution in [2.45, 2.75) is 17.7 Å². The molecule has 0 bridgehead atoms. The molecule has 2 heterocycles. The van der Waals surface area contributed by atoms with Crippen LogP contribution in [0, 0.1) is 5.82 Å². The number of anilines is 1. The molecule has 10 nitrogen and oxygen atoms in total. The third-order valence-corrected chi connectivity index (χ3v) is 6.73. The molecule has 0 aliphatic carbocycles. The fourth-order valence-electron chi connectivity index (χ4n) is 3.22. The Hall–Kier alpha value is -2.57. The van der Waals surface area contributed by atoms with Crippen LogP contribution in [0.3, 0.4) is 0 Å². The number of imide groups is 1. The predicted octanol–water partition coefficient (Wildman–Crippen LogP) is 0.459. The predicted molar refractivity (Wildman–Crippen MR) is 104 cm³/mol. The summed E-state index contributed by atoms with van der Waals surface area (Å²) < 4.78 is 45.9. The maximum Gasteiger partial charge on any atom is 0.326 e. The van der Waals surface area contributed by atoms with Crippen molar-refractivity contribution in [3.8, 4) is 0 Å². The van der Waals surface area contributed by atoms with Crippen LogP contribution in [0.5, 0.6) is 0 Å². The number of urea groups is 1. The highest BCUT2D eigenvalue weighted by atomic mass is 32.2. The van der Waals surface area contributed by atoms with Crippen molar-refractivity contribution in [3.05, 3.63) is 24.0 Å². The van der Waals surface area contributed by atoms with E-state index in [0.29, 0.717) is 0 Å². The summed E-state index contributed by atoms with van der Waals surface area (Å²) in [7, 11) is -2.54. The van der Waals surface area contributed by atoms with Gasteiger partial charge in [-0.3, -0.25) is 14.5 Å². The molecule has 3 rings (SSSR count). The van der Waals surface area contributed by atoms with E-state index in [0.717, 1.165) is 21.3 Å². The van der Waals surface area contributed by atoms with Crippen LogP contribution in [-0.2, 0) is 24.3 Å². The number of sulfonamides is 1. The van der Waals surface area contributed by atoms with Gasteiger partial charge in [0.1, 0.15) is 17.3 Å². The van der Waals surface area contributed by atoms with Crippen molar-refractivity contribution in [1.29, 1.82) is 0 Å². The summed E-state index contributed by atoms with van der Waals surface area (Å²) >= 11 is 0. The minimum absolute atomic E-state index is 0.00367. The van der Waals surface area contributed by atoms with E-state index >= 15 is 0 Å². The van der Waals surface area contributed by atoms with E-state index in [1.54, 1.807) is 0 Å². The Morgan fingerprint density at radius 1 is 1.23 bits per heavy atom. The Kier molecular flexibility index (Phi) is 6.68. The van der Waals surface area contributed by atoms with Crippen LogP contribution >= 0.6 is 0 Å². The van der Waals surface area contributed by atoms with E-state index in [-0.39, 0.29) is 63.8 Å². The molecule has 2 aliphatic rings. The standard InChI is InChI=1S/C18H23FN4O6S/c1-21-12-17(25)23(18(21)26)6-2-3-16(24)20-13-4-5-14(19)15(11-13)30(27,28)22-7-9-29-10-8-22/h4-5,11H,2-3,6-10,12H2,1H3,(H,20,24). The zero-order chi connectivity index (χ0) is 21.9. The number of benzene rings is 1. The van der Waals surface area contributed by atoms with Crippen LogP contribution < -0.4 is 5.32 Å². The lowest BCUT2D eigenvalue weighted by Gasteiger charge is -2.26. The first-order valence-electron chi connectivity index (χ1n) is 9.43. The minimum Gasteiger partial charge on any atom is -0.379 e. The number of likely N-dealkylation sites (N-methyl/N-ethyl adjacent to an activating group) is 1. The van der Waals surface area contributed by atoms with Crippen molar-refractivity contribution in [1.82, 2.24) is 14.1 Å². The Bertz CT molecular complexity index is 948. The number of nitrogens with one attached hydrogen (secondary N) is 1. The van der Waals surface area contributed by atoms with Gasteiger partial charge in [-0.05, 0) is 24.6 Å². The van der Waals surface area contributed by atoms with Gasteiger partial charge in [-0.15, -0.1) is 0 Å². The van der Waals surface area contributed by atoms with E-state index < -0.39 is 32.7 Å². The number of hydrogen-bond donors (Lipinski definition) is 1. The molecule has 0 unspecified atom stereocenters. The summed E-state index contributed by atoms with van der Waals surface area (Å²) in [5.74, 6) is -1.67. The molecule has 0 atom stereocenters. The molecule has 30 heavy (non-hydrogen) atoms. The van der Waals surface area contributed by atoms with Gasteiger partial charge in [0.15, 0.2) is 0 Å². The molecule has 2 fully saturated rings. The first-order chi connectivity index (χ1) is 14.2. The summed E-state index contributed by atoms with van der Waals surface area (Å²) in [6, 6.07) is 2.94. The highest BCUT2D eigenvalue weighted by Crippen LogP contribution is 2.24. The van der Waals surface area contributed by atoms with Crippen LogP contribution in [0.1, 0.15) is 12.8 Å². The van der Waals surface area contributed by atoms with E-state index in [1.807, 2.05) is 0 Å². The zero-order valence-corrected chi connectivity index (χ0v) is 17.3. The number of ether oxygens (including phenoxy) is 1. The fourth-order valence-corrected chi connectivity index (χ4v) is 4.71. The van der Waals surface area contributed by atoms with Crippen LogP contribution in [0.2, 0.25) is 0 Å². The van der Waals surface area contributed by atoms with Gasteiger partial charge in [-0.25, -0.2) is 17.6 Å². The summed E-state index contributed by atoms with van der Waals surface area (Å²) in [5.41, 5.74) is 0.140. The van der Waals surface area contributed by atoms with Gasteiger partial charge in [0, 0.05) is 38.8 Å². The normalized spacial score (nSPS) is 18.2. The molecular weight excluding hydrogens is 419 g/mol. The number of amides is 4. The van der Waals surface area contributed by atoms with Crippen molar-refractivity contribution in [2.24, 2.45) is 0 Å². The number of rotatable bonds is 7. The van der Waals surface area contributed by atoms with Gasteiger partial charge < -0.3 is 15.0 Å². The molecule has 4 amide bonds. The van der Waals surface area contributed by atoms with Crippen molar-refractivity contribution in [2.75, 3.05) is 51.8 Å². The molecule has 0 radical (unpaired) electrons. The quantitative estimate of drug-likeness (QED) is 0.614. The number of carbonyl (C=O) groups excluding carboxylic acids is 3. The molecular formula is C18H23FN4O6S. The Balaban J connectivity index is 1.60. The highest BCUT2D eigenvalue weighted by Gasteiger charge is 2.33. The van der Waals surface area contributed by atoms with Gasteiger partial charge in [-0.1, -0.05) is 0 Å². The van der Waals surface area contributed by atoms with Crippen LogP contribution in [0.15, 0.2) is 23.1 Å². The first kappa shape index (κ1) is 22.1. The van der Waals surface area contributed by atoms with Crippen molar-refractivity contribution in [3.63, 3.8) is 0 Å². The smallest absolute Gasteiger partial charge is 0.326 e. The summed E-state index contributed by atoms with van der Waals surface area (Å²) in [6.45, 7) is 0.837. The summed E-state index contributed by atoms with van der Waals surface area (Å²) in [4.78, 5) is 37.6. The lowest BCUT2D eigenvalue weighted by molar-refractivity contribution is -0.125. The topological polar surface area (TPSA) is 116 Å².